The van der Waals surface area contributed by atoms with Crippen molar-refractivity contribution in [2.24, 2.45) is 13.0 Å². The molecule has 3 unspecified atom stereocenters. The molecule has 11 heteroatoms. The lowest BCUT2D eigenvalue weighted by Gasteiger charge is -2.43. The number of amides is 1. The molecule has 0 N–H and O–H groups in total. The minimum atomic E-state index is -0.233. The average molecular weight is 612 g/mol. The van der Waals surface area contributed by atoms with Crippen LogP contribution < -0.4 is 14.4 Å². The van der Waals surface area contributed by atoms with Crippen molar-refractivity contribution in [2.45, 2.75) is 38.5 Å². The number of rotatable bonds is 9. The number of benzene rings is 1. The summed E-state index contributed by atoms with van der Waals surface area (Å²) in [5.41, 5.74) is 5.29. The lowest BCUT2D eigenvalue weighted by Crippen LogP contribution is -2.56. The third kappa shape index (κ3) is 5.82. The normalized spacial score (nSPS) is 20.8. The number of fused-ring (bicyclic) bond motifs is 1. The third-order valence-electron chi connectivity index (χ3n) is 9.71. The number of pyridine rings is 2. The highest BCUT2D eigenvalue weighted by Crippen LogP contribution is 2.34. The first-order valence-corrected chi connectivity index (χ1v) is 15.8. The van der Waals surface area contributed by atoms with Crippen LogP contribution in [0.4, 0.5) is 5.69 Å². The molecule has 0 spiro atoms. The first-order chi connectivity index (χ1) is 21.9. The molecule has 1 aromatic carbocycles. The van der Waals surface area contributed by atoms with Crippen molar-refractivity contribution in [3.8, 4) is 23.0 Å². The zero-order valence-electron chi connectivity index (χ0n) is 26.4. The molecule has 11 nitrogen and oxygen atoms in total. The summed E-state index contributed by atoms with van der Waals surface area (Å²) in [6.45, 7) is 10.5. The van der Waals surface area contributed by atoms with E-state index in [0.717, 1.165) is 73.1 Å². The van der Waals surface area contributed by atoms with Crippen molar-refractivity contribution >= 4 is 22.6 Å². The average Bonchev–Trinajstić information content (AvgIpc) is 3.62. The maximum absolute atomic E-state index is 13.1. The van der Waals surface area contributed by atoms with Gasteiger partial charge in [-0.3, -0.25) is 14.7 Å². The summed E-state index contributed by atoms with van der Waals surface area (Å²) < 4.78 is 19.2. The van der Waals surface area contributed by atoms with Crippen LogP contribution in [0.25, 0.3) is 22.4 Å². The quantitative estimate of drug-likeness (QED) is 0.279. The van der Waals surface area contributed by atoms with E-state index in [9.17, 15) is 4.79 Å². The second kappa shape index (κ2) is 12.3. The van der Waals surface area contributed by atoms with Crippen molar-refractivity contribution in [3.63, 3.8) is 0 Å². The number of carbonyl (C=O) groups excluding carboxylic acids is 1. The minimum absolute atomic E-state index is 0.0293. The lowest BCUT2D eigenvalue weighted by atomic mass is 10.0. The van der Waals surface area contributed by atoms with Crippen molar-refractivity contribution in [1.82, 2.24) is 29.3 Å². The van der Waals surface area contributed by atoms with Gasteiger partial charge >= 0.3 is 0 Å². The standard InChI is InChI=1S/C34H41N7O4/c1-22(24-5-8-28(43-4)9-6-24)41-18-25(15-32(41)42)23(2)45-34-33-31(36-21-38(33)3)16-30(37-34)29-10-7-26(17-35-29)39-11-13-40(14-12-39)27-19-44-20-27/h5-10,16-17,21-23,25,27H,11-15,18-20H2,1-4H3. The zero-order chi connectivity index (χ0) is 31.1. The maximum Gasteiger partial charge on any atom is 0.241 e. The Morgan fingerprint density at radius 3 is 2.42 bits per heavy atom. The van der Waals surface area contributed by atoms with Crippen LogP contribution in [-0.4, -0.2) is 100 Å². The van der Waals surface area contributed by atoms with Crippen LogP contribution >= 0.6 is 0 Å². The highest BCUT2D eigenvalue weighted by atomic mass is 16.5. The molecule has 3 aliphatic rings. The Labute approximate surface area is 263 Å². The van der Waals surface area contributed by atoms with Gasteiger partial charge in [-0.15, -0.1) is 0 Å². The van der Waals surface area contributed by atoms with Gasteiger partial charge in [0, 0.05) is 52.1 Å². The van der Waals surface area contributed by atoms with E-state index < -0.39 is 0 Å². The van der Waals surface area contributed by atoms with E-state index in [-0.39, 0.29) is 24.0 Å². The van der Waals surface area contributed by atoms with Crippen LogP contribution in [0.2, 0.25) is 0 Å². The first-order valence-electron chi connectivity index (χ1n) is 15.8. The Kier molecular flexibility index (Phi) is 8.05. The molecular formula is C34H41N7O4. The summed E-state index contributed by atoms with van der Waals surface area (Å²) in [7, 11) is 3.59. The summed E-state index contributed by atoms with van der Waals surface area (Å²) in [4.78, 5) is 34.4. The van der Waals surface area contributed by atoms with E-state index in [2.05, 4.69) is 27.8 Å². The molecule has 0 saturated carbocycles. The van der Waals surface area contributed by atoms with E-state index in [1.807, 2.05) is 66.0 Å². The maximum atomic E-state index is 13.1. The minimum Gasteiger partial charge on any atom is -0.497 e. The summed E-state index contributed by atoms with van der Waals surface area (Å²) in [5.74, 6) is 1.47. The van der Waals surface area contributed by atoms with Crippen LogP contribution in [0.15, 0.2) is 55.0 Å². The van der Waals surface area contributed by atoms with Crippen LogP contribution in [0, 0.1) is 5.92 Å². The smallest absolute Gasteiger partial charge is 0.241 e. The number of anilines is 1. The molecule has 3 atom stereocenters. The van der Waals surface area contributed by atoms with Gasteiger partial charge in [-0.1, -0.05) is 12.1 Å². The molecule has 0 radical (unpaired) electrons. The SMILES string of the molecule is COc1ccc(C(C)N2CC(C(C)Oc3nc(-c4ccc(N5CCN(C6COC6)CC5)cn4)cc4ncn(C)c34)CC2=O)cc1. The van der Waals surface area contributed by atoms with Crippen LogP contribution in [0.3, 0.4) is 0 Å². The predicted octanol–water partition coefficient (Wildman–Crippen LogP) is 3.94. The van der Waals surface area contributed by atoms with Gasteiger partial charge in [0.2, 0.25) is 11.8 Å². The summed E-state index contributed by atoms with van der Waals surface area (Å²) in [5, 5.41) is 0. The van der Waals surface area contributed by atoms with Gasteiger partial charge in [0.05, 0.1) is 67.5 Å². The van der Waals surface area contributed by atoms with Gasteiger partial charge in [0.15, 0.2) is 0 Å². The number of piperazine rings is 1. The molecular weight excluding hydrogens is 570 g/mol. The molecule has 0 aliphatic carbocycles. The Bertz CT molecular complexity index is 1650. The van der Waals surface area contributed by atoms with Crippen molar-refractivity contribution in [2.75, 3.05) is 57.9 Å². The monoisotopic (exact) mass is 611 g/mol. The first kappa shape index (κ1) is 29.5. The van der Waals surface area contributed by atoms with Crippen LogP contribution in [-0.2, 0) is 16.6 Å². The largest absolute Gasteiger partial charge is 0.497 e. The fourth-order valence-electron chi connectivity index (χ4n) is 6.64. The van der Waals surface area contributed by atoms with Gasteiger partial charge < -0.3 is 28.6 Å². The Hall–Kier alpha value is -4.22. The third-order valence-corrected chi connectivity index (χ3v) is 9.71. The van der Waals surface area contributed by atoms with Gasteiger partial charge in [0.1, 0.15) is 17.4 Å². The summed E-state index contributed by atoms with van der Waals surface area (Å²) in [6.07, 6.45) is 3.91. The van der Waals surface area contributed by atoms with E-state index >= 15 is 0 Å². The molecule has 236 valence electrons. The van der Waals surface area contributed by atoms with Crippen molar-refractivity contribution in [1.29, 1.82) is 0 Å². The summed E-state index contributed by atoms with van der Waals surface area (Å²) in [6, 6.07) is 14.6. The molecule has 45 heavy (non-hydrogen) atoms. The van der Waals surface area contributed by atoms with Crippen LogP contribution in [0.1, 0.15) is 31.9 Å². The second-order valence-corrected chi connectivity index (χ2v) is 12.4. The van der Waals surface area contributed by atoms with E-state index in [0.29, 0.717) is 30.6 Å². The van der Waals surface area contributed by atoms with E-state index in [1.165, 1.54) is 0 Å². The number of carbonyl (C=O) groups is 1. The Morgan fingerprint density at radius 2 is 1.76 bits per heavy atom. The number of imidazole rings is 1. The second-order valence-electron chi connectivity index (χ2n) is 12.4. The molecule has 4 aromatic rings. The molecule has 0 bridgehead atoms. The van der Waals surface area contributed by atoms with E-state index in [4.69, 9.17) is 24.2 Å². The molecule has 6 heterocycles. The number of ether oxygens (including phenoxy) is 3. The van der Waals surface area contributed by atoms with Crippen LogP contribution in [0.5, 0.6) is 11.6 Å². The number of aromatic nitrogens is 4. The Morgan fingerprint density at radius 1 is 0.978 bits per heavy atom. The van der Waals surface area contributed by atoms with Gasteiger partial charge in [-0.25, -0.2) is 9.97 Å². The lowest BCUT2D eigenvalue weighted by molar-refractivity contribution is -0.129. The number of nitrogens with zero attached hydrogens (tertiary/aromatic N) is 7. The molecule has 3 aliphatic heterocycles. The highest BCUT2D eigenvalue weighted by Gasteiger charge is 2.37. The highest BCUT2D eigenvalue weighted by molar-refractivity contribution is 5.84. The Balaban J connectivity index is 1.06. The summed E-state index contributed by atoms with van der Waals surface area (Å²) >= 11 is 0. The van der Waals surface area contributed by atoms with Gasteiger partial charge in [-0.2, -0.15) is 0 Å². The fourth-order valence-corrected chi connectivity index (χ4v) is 6.64. The number of aryl methyl sites for hydroxylation is 1. The van der Waals surface area contributed by atoms with E-state index in [1.54, 1.807) is 13.4 Å². The number of hydrogen-bond donors (Lipinski definition) is 0. The predicted molar refractivity (Wildman–Crippen MR) is 171 cm³/mol. The fraction of sp³-hybridized carbons (Fsp3) is 0.471. The molecule has 3 fully saturated rings. The van der Waals surface area contributed by atoms with Crippen molar-refractivity contribution in [3.05, 3.63) is 60.6 Å². The molecule has 1 amide bonds. The number of likely N-dealkylation sites (tertiary alicyclic amines) is 1. The molecule has 3 saturated heterocycles. The molecule has 7 rings (SSSR count). The molecule has 3 aromatic heterocycles. The van der Waals surface area contributed by atoms with Crippen molar-refractivity contribution < 1.29 is 19.0 Å². The van der Waals surface area contributed by atoms with Gasteiger partial charge in [-0.05, 0) is 49.7 Å². The zero-order valence-corrected chi connectivity index (χ0v) is 26.4. The number of methoxy groups -OCH3 is 1. The number of hydrogen-bond acceptors (Lipinski definition) is 9. The van der Waals surface area contributed by atoms with Gasteiger partial charge in [0.25, 0.3) is 0 Å². The topological polar surface area (TPSA) is 98.1 Å².